The third-order valence-electron chi connectivity index (χ3n) is 4.01. The van der Waals surface area contributed by atoms with Crippen LogP contribution in [0.1, 0.15) is 6.92 Å². The molecule has 3 rings (SSSR count). The number of methoxy groups -OCH3 is 3. The molecule has 0 radical (unpaired) electrons. The predicted octanol–water partition coefficient (Wildman–Crippen LogP) is 3.41. The van der Waals surface area contributed by atoms with E-state index < -0.39 is 5.97 Å². The maximum Gasteiger partial charge on any atom is 0.308 e. The minimum atomic E-state index is -0.568. The summed E-state index contributed by atoms with van der Waals surface area (Å²) >= 11 is 0. The van der Waals surface area contributed by atoms with Crippen LogP contribution in [0.25, 0.3) is 22.1 Å². The van der Waals surface area contributed by atoms with Gasteiger partial charge in [0, 0.05) is 13.0 Å². The smallest absolute Gasteiger partial charge is 0.308 e. The number of carbonyl (C=O) groups excluding carboxylic acids is 1. The summed E-state index contributed by atoms with van der Waals surface area (Å²) in [5.74, 6) is 0.419. The first kappa shape index (κ1) is 18.3. The van der Waals surface area contributed by atoms with Crippen molar-refractivity contribution >= 4 is 16.9 Å². The number of carbonyl (C=O) groups is 1. The molecule has 27 heavy (non-hydrogen) atoms. The average Bonchev–Trinajstić information content (AvgIpc) is 2.67. The highest BCUT2D eigenvalue weighted by Gasteiger charge is 2.23. The summed E-state index contributed by atoms with van der Waals surface area (Å²) in [4.78, 5) is 24.6. The molecule has 0 aliphatic carbocycles. The quantitative estimate of drug-likeness (QED) is 0.503. The van der Waals surface area contributed by atoms with Crippen LogP contribution in [0.15, 0.2) is 45.8 Å². The molecule has 2 aromatic carbocycles. The zero-order valence-corrected chi connectivity index (χ0v) is 15.3. The van der Waals surface area contributed by atoms with Gasteiger partial charge in [-0.1, -0.05) is 12.1 Å². The molecule has 0 spiro atoms. The topological polar surface area (TPSA) is 84.2 Å². The molecular weight excluding hydrogens is 352 g/mol. The van der Waals surface area contributed by atoms with E-state index in [1.807, 2.05) is 0 Å². The fourth-order valence-corrected chi connectivity index (χ4v) is 2.77. The van der Waals surface area contributed by atoms with E-state index in [-0.39, 0.29) is 33.6 Å². The molecule has 0 N–H and O–H groups in total. The lowest BCUT2D eigenvalue weighted by molar-refractivity contribution is -0.132. The highest BCUT2D eigenvalue weighted by Crippen LogP contribution is 2.43. The molecular formula is C20H18O7. The summed E-state index contributed by atoms with van der Waals surface area (Å²) in [5, 5.41) is 0.155. The van der Waals surface area contributed by atoms with Gasteiger partial charge in [-0.25, -0.2) is 0 Å². The molecule has 0 saturated heterocycles. The second-order valence-electron chi connectivity index (χ2n) is 5.61. The predicted molar refractivity (Wildman–Crippen MR) is 98.9 cm³/mol. The molecule has 0 aliphatic heterocycles. The Morgan fingerprint density at radius 2 is 1.67 bits per heavy atom. The lowest BCUT2D eigenvalue weighted by Crippen LogP contribution is -2.10. The molecule has 1 aromatic heterocycles. The van der Waals surface area contributed by atoms with E-state index >= 15 is 0 Å². The van der Waals surface area contributed by atoms with Crippen molar-refractivity contribution in [1.29, 1.82) is 0 Å². The zero-order chi connectivity index (χ0) is 19.6. The molecule has 1 heterocycles. The third-order valence-corrected chi connectivity index (χ3v) is 4.01. The fraction of sp³-hybridized carbons (Fsp3) is 0.200. The number of fused-ring (bicyclic) bond motifs is 1. The van der Waals surface area contributed by atoms with Gasteiger partial charge in [-0.05, 0) is 17.7 Å². The van der Waals surface area contributed by atoms with Crippen LogP contribution in [0, 0.1) is 0 Å². The second kappa shape index (κ2) is 7.41. The SMILES string of the molecule is COc1ccc(-c2coc3cc(OC)c(OC(C)=O)c(OC)c3c2=O)cc1. The molecule has 7 heteroatoms. The number of benzene rings is 2. The van der Waals surface area contributed by atoms with Crippen molar-refractivity contribution in [1.82, 2.24) is 0 Å². The van der Waals surface area contributed by atoms with E-state index in [0.717, 1.165) is 0 Å². The largest absolute Gasteiger partial charge is 0.497 e. The van der Waals surface area contributed by atoms with Gasteiger partial charge in [0.25, 0.3) is 0 Å². The Balaban J connectivity index is 2.30. The summed E-state index contributed by atoms with van der Waals surface area (Å²) in [6.07, 6.45) is 1.37. The van der Waals surface area contributed by atoms with Crippen LogP contribution in [0.3, 0.4) is 0 Å². The van der Waals surface area contributed by atoms with Crippen molar-refractivity contribution < 1.29 is 28.2 Å². The van der Waals surface area contributed by atoms with Crippen LogP contribution in [-0.2, 0) is 4.79 Å². The fourth-order valence-electron chi connectivity index (χ4n) is 2.77. The number of rotatable bonds is 5. The molecule has 140 valence electrons. The van der Waals surface area contributed by atoms with Gasteiger partial charge in [-0.3, -0.25) is 9.59 Å². The van der Waals surface area contributed by atoms with Crippen LogP contribution in [0.2, 0.25) is 0 Å². The monoisotopic (exact) mass is 370 g/mol. The second-order valence-corrected chi connectivity index (χ2v) is 5.61. The average molecular weight is 370 g/mol. The highest BCUT2D eigenvalue weighted by atomic mass is 16.6. The van der Waals surface area contributed by atoms with Gasteiger partial charge in [0.05, 0.1) is 26.9 Å². The Kier molecular flexibility index (Phi) is 5.03. The Labute approximate surface area is 155 Å². The van der Waals surface area contributed by atoms with Crippen molar-refractivity contribution in [3.05, 3.63) is 46.8 Å². The van der Waals surface area contributed by atoms with Crippen molar-refractivity contribution in [3.63, 3.8) is 0 Å². The van der Waals surface area contributed by atoms with Gasteiger partial charge >= 0.3 is 5.97 Å². The van der Waals surface area contributed by atoms with E-state index in [1.165, 1.54) is 33.5 Å². The Hall–Kier alpha value is -3.48. The lowest BCUT2D eigenvalue weighted by Gasteiger charge is -2.14. The lowest BCUT2D eigenvalue weighted by atomic mass is 10.0. The van der Waals surface area contributed by atoms with E-state index in [9.17, 15) is 9.59 Å². The Morgan fingerprint density at radius 1 is 0.963 bits per heavy atom. The zero-order valence-electron chi connectivity index (χ0n) is 15.3. The van der Waals surface area contributed by atoms with Crippen LogP contribution in [0.5, 0.6) is 23.0 Å². The number of hydrogen-bond donors (Lipinski definition) is 0. The van der Waals surface area contributed by atoms with Gasteiger partial charge in [0.1, 0.15) is 23.0 Å². The molecule has 0 saturated carbocycles. The van der Waals surface area contributed by atoms with Gasteiger partial charge < -0.3 is 23.4 Å². The maximum atomic E-state index is 13.1. The molecule has 3 aromatic rings. The van der Waals surface area contributed by atoms with Crippen molar-refractivity contribution in [3.8, 4) is 34.1 Å². The summed E-state index contributed by atoms with van der Waals surface area (Å²) < 4.78 is 26.6. The van der Waals surface area contributed by atoms with Crippen LogP contribution < -0.4 is 24.4 Å². The normalized spacial score (nSPS) is 10.5. The first-order valence-electron chi connectivity index (χ1n) is 8.03. The van der Waals surface area contributed by atoms with Gasteiger partial charge in [0.2, 0.25) is 11.2 Å². The van der Waals surface area contributed by atoms with Crippen molar-refractivity contribution in [2.24, 2.45) is 0 Å². The molecule has 0 fully saturated rings. The van der Waals surface area contributed by atoms with E-state index in [4.69, 9.17) is 23.4 Å². The van der Waals surface area contributed by atoms with Gasteiger partial charge in [-0.15, -0.1) is 0 Å². The van der Waals surface area contributed by atoms with Gasteiger partial charge in [0.15, 0.2) is 11.5 Å². The highest BCUT2D eigenvalue weighted by molar-refractivity contribution is 5.92. The minimum absolute atomic E-state index is 0.0270. The standard InChI is InChI=1S/C20H18O7/c1-11(21)27-19-16(24-3)9-15-17(20(19)25-4)18(22)14(10-26-15)12-5-7-13(23-2)8-6-12/h5-10H,1-4H3. The molecule has 0 unspecified atom stereocenters. The Morgan fingerprint density at radius 3 is 2.22 bits per heavy atom. The molecule has 0 aliphatic rings. The molecule has 0 bridgehead atoms. The first-order chi connectivity index (χ1) is 13.0. The molecule has 0 atom stereocenters. The summed E-state index contributed by atoms with van der Waals surface area (Å²) in [6.45, 7) is 1.25. The van der Waals surface area contributed by atoms with E-state index in [1.54, 1.807) is 31.4 Å². The molecule has 7 nitrogen and oxygen atoms in total. The summed E-state index contributed by atoms with van der Waals surface area (Å²) in [6, 6.07) is 8.47. The molecule has 0 amide bonds. The Bertz CT molecular complexity index is 1050. The first-order valence-corrected chi connectivity index (χ1v) is 8.03. The van der Waals surface area contributed by atoms with Crippen molar-refractivity contribution in [2.75, 3.05) is 21.3 Å². The van der Waals surface area contributed by atoms with Crippen molar-refractivity contribution in [2.45, 2.75) is 6.92 Å². The van der Waals surface area contributed by atoms with Gasteiger partial charge in [-0.2, -0.15) is 0 Å². The van der Waals surface area contributed by atoms with Crippen LogP contribution in [-0.4, -0.2) is 27.3 Å². The number of ether oxygens (including phenoxy) is 4. The van der Waals surface area contributed by atoms with E-state index in [2.05, 4.69) is 0 Å². The van der Waals surface area contributed by atoms with Crippen LogP contribution in [0.4, 0.5) is 0 Å². The summed E-state index contributed by atoms with van der Waals surface area (Å²) in [7, 11) is 4.35. The van der Waals surface area contributed by atoms with Crippen LogP contribution >= 0.6 is 0 Å². The van der Waals surface area contributed by atoms with E-state index in [0.29, 0.717) is 16.9 Å². The number of hydrogen-bond acceptors (Lipinski definition) is 7. The number of esters is 1. The minimum Gasteiger partial charge on any atom is -0.497 e. The third kappa shape index (κ3) is 3.31. The summed E-state index contributed by atoms with van der Waals surface area (Å²) in [5.41, 5.74) is 0.914. The maximum absolute atomic E-state index is 13.1.